The van der Waals surface area contributed by atoms with Gasteiger partial charge in [0, 0.05) is 68.9 Å². The lowest BCUT2D eigenvalue weighted by Gasteiger charge is -2.39. The van der Waals surface area contributed by atoms with Gasteiger partial charge >= 0.3 is 0 Å². The van der Waals surface area contributed by atoms with Gasteiger partial charge in [-0.25, -0.2) is 0 Å². The molecule has 0 radical (unpaired) electrons. The van der Waals surface area contributed by atoms with Gasteiger partial charge in [-0.05, 0) is 74.3 Å². The second kappa shape index (κ2) is 14.3. The summed E-state index contributed by atoms with van der Waals surface area (Å²) in [6.07, 6.45) is 11.0. The van der Waals surface area contributed by atoms with Gasteiger partial charge in [0.2, 0.25) is 11.8 Å². The molecule has 2 aromatic carbocycles. The van der Waals surface area contributed by atoms with Gasteiger partial charge < -0.3 is 14.7 Å². The lowest BCUT2D eigenvalue weighted by molar-refractivity contribution is -0.145. The van der Waals surface area contributed by atoms with Gasteiger partial charge in [0.05, 0.1) is 6.20 Å². The molecule has 1 fully saturated rings. The monoisotopic (exact) mass is 590 g/mol. The maximum atomic E-state index is 14.4. The molecule has 228 valence electrons. The molecule has 1 aliphatic heterocycles. The highest BCUT2D eigenvalue weighted by atomic mass is 16.2. The Balaban J connectivity index is 1.47. The summed E-state index contributed by atoms with van der Waals surface area (Å²) in [5.74, 6) is -0.206. The Labute approximate surface area is 260 Å². The largest absolute Gasteiger partial charge is 0.341 e. The summed E-state index contributed by atoms with van der Waals surface area (Å²) in [6.45, 7) is 3.64. The molecule has 0 unspecified atom stereocenters. The summed E-state index contributed by atoms with van der Waals surface area (Å²) in [7, 11) is 6.07. The maximum Gasteiger partial charge on any atom is 0.247 e. The summed E-state index contributed by atoms with van der Waals surface area (Å²) >= 11 is 0. The molecule has 2 aromatic heterocycles. The molecule has 44 heavy (non-hydrogen) atoms. The first-order chi connectivity index (χ1) is 21.3. The van der Waals surface area contributed by atoms with Crippen molar-refractivity contribution in [3.05, 3.63) is 114 Å². The number of aromatic nitrogens is 3. The van der Waals surface area contributed by atoms with E-state index in [4.69, 9.17) is 0 Å². The molecule has 4 aromatic rings. The molecule has 1 aliphatic rings. The van der Waals surface area contributed by atoms with E-state index in [2.05, 4.69) is 41.2 Å². The van der Waals surface area contributed by atoms with Crippen LogP contribution in [-0.2, 0) is 29.6 Å². The van der Waals surface area contributed by atoms with Crippen LogP contribution in [0.1, 0.15) is 35.2 Å². The van der Waals surface area contributed by atoms with Crippen molar-refractivity contribution in [2.75, 3.05) is 27.2 Å². The number of piperidine rings is 1. The molecule has 8 nitrogen and oxygen atoms in total. The van der Waals surface area contributed by atoms with E-state index in [-0.39, 0.29) is 11.8 Å². The standard InChI is InChI=1S/C36H42N6O2/c1-27-32(25-38-40(27)4)14-15-35(43)42(26-29-10-12-30(13-11-29)31-16-20-37-21-17-31)34(24-28-8-6-5-7-9-28)36(44)41-22-18-33(19-23-41)39(2)3/h5-17,20-21,25,33-34H,18-19,22-24,26H2,1-4H3/t34-/m0/s1. The van der Waals surface area contributed by atoms with Crippen molar-refractivity contribution in [2.24, 2.45) is 7.05 Å². The van der Waals surface area contributed by atoms with Crippen LogP contribution in [0.15, 0.2) is 91.4 Å². The summed E-state index contributed by atoms with van der Waals surface area (Å²) < 4.78 is 1.78. The zero-order valence-electron chi connectivity index (χ0n) is 26.1. The zero-order valence-corrected chi connectivity index (χ0v) is 26.1. The van der Waals surface area contributed by atoms with Crippen molar-refractivity contribution >= 4 is 17.9 Å². The summed E-state index contributed by atoms with van der Waals surface area (Å²) in [6, 6.07) is 21.9. The number of nitrogens with zero attached hydrogens (tertiary/aromatic N) is 6. The number of likely N-dealkylation sites (tertiary alicyclic amines) is 1. The van der Waals surface area contributed by atoms with Gasteiger partial charge in [0.15, 0.2) is 0 Å². The van der Waals surface area contributed by atoms with Gasteiger partial charge in [0.1, 0.15) is 6.04 Å². The van der Waals surface area contributed by atoms with Crippen LogP contribution in [0.2, 0.25) is 0 Å². The Morgan fingerprint density at radius 2 is 1.59 bits per heavy atom. The fourth-order valence-electron chi connectivity index (χ4n) is 5.80. The van der Waals surface area contributed by atoms with Crippen LogP contribution in [0.3, 0.4) is 0 Å². The van der Waals surface area contributed by atoms with Crippen molar-refractivity contribution in [1.82, 2.24) is 29.5 Å². The first-order valence-corrected chi connectivity index (χ1v) is 15.3. The van der Waals surface area contributed by atoms with E-state index in [9.17, 15) is 9.59 Å². The summed E-state index contributed by atoms with van der Waals surface area (Å²) in [5, 5.41) is 4.31. The minimum absolute atomic E-state index is 0.00114. The van der Waals surface area contributed by atoms with E-state index in [0.29, 0.717) is 32.1 Å². The Kier molecular flexibility index (Phi) is 10.0. The van der Waals surface area contributed by atoms with Crippen molar-refractivity contribution < 1.29 is 9.59 Å². The number of amides is 2. The predicted octanol–water partition coefficient (Wildman–Crippen LogP) is 5.00. The number of hydrogen-bond acceptors (Lipinski definition) is 5. The third-order valence-corrected chi connectivity index (χ3v) is 8.72. The van der Waals surface area contributed by atoms with Gasteiger partial charge in [-0.1, -0.05) is 54.6 Å². The van der Waals surface area contributed by atoms with Crippen molar-refractivity contribution in [2.45, 2.75) is 44.8 Å². The lowest BCUT2D eigenvalue weighted by atomic mass is 9.98. The number of aryl methyl sites for hydroxylation is 1. The van der Waals surface area contributed by atoms with E-state index in [0.717, 1.165) is 46.4 Å². The molecule has 1 saturated heterocycles. The number of carbonyl (C=O) groups is 2. The first-order valence-electron chi connectivity index (χ1n) is 15.3. The lowest BCUT2D eigenvalue weighted by Crippen LogP contribution is -2.54. The minimum Gasteiger partial charge on any atom is -0.341 e. The summed E-state index contributed by atoms with van der Waals surface area (Å²) in [4.78, 5) is 38.5. The van der Waals surface area contributed by atoms with E-state index >= 15 is 0 Å². The average molecular weight is 591 g/mol. The first kappa shape index (κ1) is 30.9. The molecule has 3 heterocycles. The van der Waals surface area contributed by atoms with Gasteiger partial charge in [-0.15, -0.1) is 0 Å². The van der Waals surface area contributed by atoms with Crippen LogP contribution < -0.4 is 0 Å². The fourth-order valence-corrected chi connectivity index (χ4v) is 5.80. The van der Waals surface area contributed by atoms with E-state index in [1.54, 1.807) is 40.3 Å². The number of pyridine rings is 1. The van der Waals surface area contributed by atoms with Gasteiger partial charge in [0.25, 0.3) is 0 Å². The van der Waals surface area contributed by atoms with Crippen molar-refractivity contribution in [3.63, 3.8) is 0 Å². The fraction of sp³-hybridized carbons (Fsp3) is 0.333. The molecule has 2 amide bonds. The highest BCUT2D eigenvalue weighted by Gasteiger charge is 2.34. The molecule has 8 heteroatoms. The topological polar surface area (TPSA) is 74.6 Å². The molecule has 0 aliphatic carbocycles. The molecular formula is C36H42N6O2. The molecule has 5 rings (SSSR count). The molecule has 1 atom stereocenters. The number of benzene rings is 2. The van der Waals surface area contributed by atoms with Crippen LogP contribution in [0.5, 0.6) is 0 Å². The molecular weight excluding hydrogens is 548 g/mol. The van der Waals surface area contributed by atoms with E-state index < -0.39 is 6.04 Å². The molecule has 0 bridgehead atoms. The van der Waals surface area contributed by atoms with E-state index in [1.807, 2.05) is 73.5 Å². The average Bonchev–Trinajstić information content (AvgIpc) is 3.38. The van der Waals surface area contributed by atoms with Crippen molar-refractivity contribution in [3.8, 4) is 11.1 Å². The van der Waals surface area contributed by atoms with Crippen LogP contribution in [0.25, 0.3) is 17.2 Å². The van der Waals surface area contributed by atoms with E-state index in [1.165, 1.54) is 0 Å². The van der Waals surface area contributed by atoms with Gasteiger partial charge in [-0.3, -0.25) is 19.3 Å². The molecule has 0 saturated carbocycles. The number of carbonyl (C=O) groups excluding carboxylic acids is 2. The third-order valence-electron chi connectivity index (χ3n) is 8.72. The summed E-state index contributed by atoms with van der Waals surface area (Å²) in [5.41, 5.74) is 5.97. The predicted molar refractivity (Wildman–Crippen MR) is 174 cm³/mol. The van der Waals surface area contributed by atoms with Crippen molar-refractivity contribution in [1.29, 1.82) is 0 Å². The van der Waals surface area contributed by atoms with Crippen LogP contribution >= 0.6 is 0 Å². The third kappa shape index (κ3) is 7.50. The highest BCUT2D eigenvalue weighted by molar-refractivity contribution is 5.96. The Morgan fingerprint density at radius 3 is 2.20 bits per heavy atom. The van der Waals surface area contributed by atoms with Crippen LogP contribution in [0, 0.1) is 6.92 Å². The van der Waals surface area contributed by atoms with Crippen LogP contribution in [0.4, 0.5) is 0 Å². The molecule has 0 spiro atoms. The maximum absolute atomic E-state index is 14.4. The second-order valence-corrected chi connectivity index (χ2v) is 11.8. The SMILES string of the molecule is Cc1c(C=CC(=O)N(Cc2ccc(-c3ccncc3)cc2)[C@@H](Cc2ccccc2)C(=O)N2CCC(N(C)C)CC2)cnn1C. The Morgan fingerprint density at radius 1 is 0.932 bits per heavy atom. The smallest absolute Gasteiger partial charge is 0.247 e. The highest BCUT2D eigenvalue weighted by Crippen LogP contribution is 2.23. The minimum atomic E-state index is -0.652. The van der Waals surface area contributed by atoms with Crippen LogP contribution in [-0.4, -0.2) is 80.5 Å². The zero-order chi connectivity index (χ0) is 31.1. The second-order valence-electron chi connectivity index (χ2n) is 11.8. The number of rotatable bonds is 10. The Bertz CT molecular complexity index is 1560. The number of hydrogen-bond donors (Lipinski definition) is 0. The Hall–Kier alpha value is -4.56. The molecule has 0 N–H and O–H groups in total. The van der Waals surface area contributed by atoms with Gasteiger partial charge in [-0.2, -0.15) is 5.10 Å². The normalized spacial score (nSPS) is 14.7. The quantitative estimate of drug-likeness (QED) is 0.243.